The van der Waals surface area contributed by atoms with Crippen LogP contribution in [0.3, 0.4) is 0 Å². The molecule has 0 atom stereocenters. The van der Waals surface area contributed by atoms with Crippen molar-refractivity contribution in [3.05, 3.63) is 58.3 Å². The van der Waals surface area contributed by atoms with E-state index in [1.807, 2.05) is 19.1 Å². The number of benzene rings is 2. The maximum Gasteiger partial charge on any atom is 0.146 e. The van der Waals surface area contributed by atoms with Crippen molar-refractivity contribution in [1.29, 1.82) is 5.41 Å². The molecule has 0 heterocycles. The number of nitrogen functional groups attached to an aromatic ring is 1. The smallest absolute Gasteiger partial charge is 0.146 e. The van der Waals surface area contributed by atoms with Crippen LogP contribution in [0.1, 0.15) is 12.5 Å². The largest absolute Gasteiger partial charge is 0.384 e. The van der Waals surface area contributed by atoms with Crippen molar-refractivity contribution in [3.63, 3.8) is 0 Å². The van der Waals surface area contributed by atoms with E-state index in [0.717, 1.165) is 4.47 Å². The minimum absolute atomic E-state index is 0.0453. The van der Waals surface area contributed by atoms with E-state index >= 15 is 0 Å². The normalized spacial score (nSPS) is 10.3. The minimum Gasteiger partial charge on any atom is -0.384 e. The molecule has 3 nitrogen and oxygen atoms in total. The molecule has 0 saturated heterocycles. The van der Waals surface area contributed by atoms with Crippen LogP contribution in [0, 0.1) is 11.2 Å². The van der Waals surface area contributed by atoms with E-state index in [4.69, 9.17) is 11.1 Å². The van der Waals surface area contributed by atoms with E-state index in [9.17, 15) is 4.39 Å². The highest BCUT2D eigenvalue weighted by atomic mass is 79.9. The Labute approximate surface area is 125 Å². The summed E-state index contributed by atoms with van der Waals surface area (Å²) >= 11 is 3.36. The molecule has 2 aromatic rings. The number of nitrogens with one attached hydrogen (secondary N) is 1. The predicted molar refractivity (Wildman–Crippen MR) is 84.2 cm³/mol. The topological polar surface area (TPSA) is 53.1 Å². The molecule has 0 amide bonds. The van der Waals surface area contributed by atoms with Crippen LogP contribution in [0.25, 0.3) is 0 Å². The molecular formula is C15H15BrFN3. The van der Waals surface area contributed by atoms with Crippen LogP contribution in [0.5, 0.6) is 0 Å². The van der Waals surface area contributed by atoms with E-state index in [-0.39, 0.29) is 11.7 Å². The fraction of sp³-hybridized carbons (Fsp3) is 0.133. The molecule has 0 aliphatic rings. The number of hydrogen-bond donors (Lipinski definition) is 2. The van der Waals surface area contributed by atoms with Gasteiger partial charge in [0.05, 0.1) is 11.4 Å². The lowest BCUT2D eigenvalue weighted by molar-refractivity contribution is 0.625. The molecule has 0 aliphatic carbocycles. The van der Waals surface area contributed by atoms with Gasteiger partial charge in [0.2, 0.25) is 0 Å². The zero-order chi connectivity index (χ0) is 14.7. The summed E-state index contributed by atoms with van der Waals surface area (Å²) in [7, 11) is 0. The Bertz CT molecular complexity index is 643. The van der Waals surface area contributed by atoms with Crippen molar-refractivity contribution < 1.29 is 4.39 Å². The van der Waals surface area contributed by atoms with Crippen molar-refractivity contribution in [1.82, 2.24) is 0 Å². The summed E-state index contributed by atoms with van der Waals surface area (Å²) in [4.78, 5) is 1.80. The molecule has 0 aliphatic heterocycles. The summed E-state index contributed by atoms with van der Waals surface area (Å²) in [5.74, 6) is -0.345. The van der Waals surface area contributed by atoms with E-state index < -0.39 is 0 Å². The second-order valence-electron chi connectivity index (χ2n) is 4.27. The number of nitrogens with zero attached hydrogens (tertiary/aromatic N) is 1. The maximum absolute atomic E-state index is 14.0. The third kappa shape index (κ3) is 2.82. The number of amidine groups is 1. The van der Waals surface area contributed by atoms with Crippen molar-refractivity contribution in [2.24, 2.45) is 5.73 Å². The summed E-state index contributed by atoms with van der Waals surface area (Å²) < 4.78 is 14.8. The summed E-state index contributed by atoms with van der Waals surface area (Å²) in [6.07, 6.45) is 0. The van der Waals surface area contributed by atoms with Crippen LogP contribution >= 0.6 is 15.9 Å². The Morgan fingerprint density at radius 1 is 1.25 bits per heavy atom. The average Bonchev–Trinajstić information content (AvgIpc) is 2.42. The molecule has 0 fully saturated rings. The third-order valence-electron chi connectivity index (χ3n) is 3.00. The van der Waals surface area contributed by atoms with Crippen LogP contribution in [0.15, 0.2) is 46.9 Å². The zero-order valence-electron chi connectivity index (χ0n) is 11.0. The average molecular weight is 336 g/mol. The highest BCUT2D eigenvalue weighted by molar-refractivity contribution is 9.10. The summed E-state index contributed by atoms with van der Waals surface area (Å²) in [6, 6.07) is 12.0. The van der Waals surface area contributed by atoms with Gasteiger partial charge >= 0.3 is 0 Å². The monoisotopic (exact) mass is 335 g/mol. The Morgan fingerprint density at radius 2 is 1.95 bits per heavy atom. The van der Waals surface area contributed by atoms with Gasteiger partial charge < -0.3 is 10.6 Å². The standard InChI is InChI=1S/C15H15BrFN3/c1-2-20(14-6-4-3-5-12(14)17)13-8-7-10(16)9-11(13)15(18)19/h3-9H,2H2,1H3,(H3,18,19). The highest BCUT2D eigenvalue weighted by Crippen LogP contribution is 2.31. The van der Waals surface area contributed by atoms with Gasteiger partial charge in [-0.05, 0) is 37.3 Å². The van der Waals surface area contributed by atoms with E-state index in [2.05, 4.69) is 15.9 Å². The van der Waals surface area contributed by atoms with Crippen LogP contribution in [0.4, 0.5) is 15.8 Å². The zero-order valence-corrected chi connectivity index (χ0v) is 12.6. The Kier molecular flexibility index (Phi) is 4.39. The molecule has 5 heteroatoms. The first kappa shape index (κ1) is 14.5. The molecule has 0 aromatic heterocycles. The van der Waals surface area contributed by atoms with E-state index in [1.165, 1.54) is 6.07 Å². The molecule has 0 unspecified atom stereocenters. The first-order chi connectivity index (χ1) is 9.54. The number of para-hydroxylation sites is 1. The molecule has 104 valence electrons. The van der Waals surface area contributed by atoms with Crippen LogP contribution in [0.2, 0.25) is 0 Å². The van der Waals surface area contributed by atoms with E-state index in [1.54, 1.807) is 29.2 Å². The van der Waals surface area contributed by atoms with Gasteiger partial charge in [-0.25, -0.2) is 4.39 Å². The van der Waals surface area contributed by atoms with Crippen LogP contribution < -0.4 is 10.6 Å². The van der Waals surface area contributed by atoms with Gasteiger partial charge in [0.25, 0.3) is 0 Å². The SMILES string of the molecule is CCN(c1ccccc1F)c1ccc(Br)cc1C(=N)N. The van der Waals surface area contributed by atoms with Gasteiger partial charge in [-0.2, -0.15) is 0 Å². The molecule has 0 spiro atoms. The first-order valence-electron chi connectivity index (χ1n) is 6.20. The van der Waals surface area contributed by atoms with Crippen molar-refractivity contribution in [2.45, 2.75) is 6.92 Å². The second kappa shape index (κ2) is 6.05. The molecule has 3 N–H and O–H groups in total. The molecule has 0 radical (unpaired) electrons. The third-order valence-corrected chi connectivity index (χ3v) is 3.49. The fourth-order valence-electron chi connectivity index (χ4n) is 2.10. The molecule has 2 aromatic carbocycles. The second-order valence-corrected chi connectivity index (χ2v) is 5.19. The summed E-state index contributed by atoms with van der Waals surface area (Å²) in [6.45, 7) is 2.50. The number of nitrogens with two attached hydrogens (primary N) is 1. The Balaban J connectivity index is 2.58. The molecule has 2 rings (SSSR count). The number of rotatable bonds is 4. The van der Waals surface area contributed by atoms with Crippen LogP contribution in [-0.2, 0) is 0 Å². The number of anilines is 2. The predicted octanol–water partition coefficient (Wildman–Crippen LogP) is 4.03. The fourth-order valence-corrected chi connectivity index (χ4v) is 2.46. The van der Waals surface area contributed by atoms with Gasteiger partial charge in [-0.15, -0.1) is 0 Å². The van der Waals surface area contributed by atoms with Gasteiger partial charge in [0.1, 0.15) is 11.7 Å². The lowest BCUT2D eigenvalue weighted by Crippen LogP contribution is -2.22. The quantitative estimate of drug-likeness (QED) is 0.654. The van der Waals surface area contributed by atoms with Gasteiger partial charge in [-0.3, -0.25) is 5.41 Å². The Morgan fingerprint density at radius 3 is 2.55 bits per heavy atom. The molecular weight excluding hydrogens is 321 g/mol. The van der Waals surface area contributed by atoms with Crippen molar-refractivity contribution in [2.75, 3.05) is 11.4 Å². The lowest BCUT2D eigenvalue weighted by Gasteiger charge is -2.26. The first-order valence-corrected chi connectivity index (χ1v) is 7.00. The molecule has 20 heavy (non-hydrogen) atoms. The lowest BCUT2D eigenvalue weighted by atomic mass is 10.1. The molecule has 0 saturated carbocycles. The van der Waals surface area contributed by atoms with Gasteiger partial charge in [0, 0.05) is 16.6 Å². The van der Waals surface area contributed by atoms with Gasteiger partial charge in [-0.1, -0.05) is 28.1 Å². The highest BCUT2D eigenvalue weighted by Gasteiger charge is 2.16. The van der Waals surface area contributed by atoms with E-state index in [0.29, 0.717) is 23.5 Å². The Hall–Kier alpha value is -1.88. The summed E-state index contributed by atoms with van der Waals surface area (Å²) in [5.41, 5.74) is 7.40. The maximum atomic E-state index is 14.0. The van der Waals surface area contributed by atoms with Crippen molar-refractivity contribution in [3.8, 4) is 0 Å². The molecule has 0 bridgehead atoms. The summed E-state index contributed by atoms with van der Waals surface area (Å²) in [5, 5.41) is 7.69. The number of hydrogen-bond acceptors (Lipinski definition) is 2. The van der Waals surface area contributed by atoms with Crippen LogP contribution in [-0.4, -0.2) is 12.4 Å². The van der Waals surface area contributed by atoms with Crippen molar-refractivity contribution >= 4 is 33.1 Å². The van der Waals surface area contributed by atoms with Gasteiger partial charge in [0.15, 0.2) is 0 Å². The number of halogens is 2. The minimum atomic E-state index is -0.299.